The number of ether oxygens (including phenoxy) is 1. The van der Waals surface area contributed by atoms with Crippen molar-refractivity contribution in [1.82, 2.24) is 0 Å². The van der Waals surface area contributed by atoms with Gasteiger partial charge in [-0.25, -0.2) is 13.6 Å². The maximum absolute atomic E-state index is 13.1. The third-order valence-electron chi connectivity index (χ3n) is 3.30. The highest BCUT2D eigenvalue weighted by molar-refractivity contribution is 6.00. The number of hydrogen-bond donors (Lipinski definition) is 1. The predicted octanol–water partition coefficient (Wildman–Crippen LogP) is 3.35. The summed E-state index contributed by atoms with van der Waals surface area (Å²) < 4.78 is 30.7. The maximum Gasteiger partial charge on any atom is 0.338 e. The van der Waals surface area contributed by atoms with Gasteiger partial charge in [-0.2, -0.15) is 0 Å². The Kier molecular flexibility index (Phi) is 5.94. The molecule has 0 fully saturated rings. The van der Waals surface area contributed by atoms with Gasteiger partial charge in [0.15, 0.2) is 24.0 Å². The van der Waals surface area contributed by atoms with Crippen molar-refractivity contribution in [3.63, 3.8) is 0 Å². The second-order valence-electron chi connectivity index (χ2n) is 5.11. The van der Waals surface area contributed by atoms with Crippen molar-refractivity contribution in [2.24, 2.45) is 0 Å². The SMILES string of the molecule is CCC(=O)Nc1ccc(C(=O)COC(=O)c2ccc(F)c(F)c2)cc1. The Hall–Kier alpha value is -3.09. The first kappa shape index (κ1) is 18.3. The minimum atomic E-state index is -1.18. The first-order chi connectivity index (χ1) is 11.9. The lowest BCUT2D eigenvalue weighted by atomic mass is 10.1. The Balaban J connectivity index is 1.94. The molecule has 0 aliphatic rings. The number of benzene rings is 2. The number of halogens is 2. The van der Waals surface area contributed by atoms with Gasteiger partial charge in [0.25, 0.3) is 0 Å². The summed E-state index contributed by atoms with van der Waals surface area (Å²) in [6.07, 6.45) is 0.334. The van der Waals surface area contributed by atoms with Crippen LogP contribution in [0.25, 0.3) is 0 Å². The molecular formula is C18H15F2NO4. The average Bonchev–Trinajstić information content (AvgIpc) is 2.62. The Morgan fingerprint density at radius 2 is 1.60 bits per heavy atom. The molecule has 0 aliphatic heterocycles. The predicted molar refractivity (Wildman–Crippen MR) is 86.3 cm³/mol. The van der Waals surface area contributed by atoms with Gasteiger partial charge in [-0.3, -0.25) is 9.59 Å². The van der Waals surface area contributed by atoms with Gasteiger partial charge in [-0.05, 0) is 42.5 Å². The molecule has 7 heteroatoms. The van der Waals surface area contributed by atoms with E-state index in [1.807, 2.05) is 0 Å². The molecule has 0 aromatic heterocycles. The van der Waals surface area contributed by atoms with E-state index in [1.54, 1.807) is 19.1 Å². The quantitative estimate of drug-likeness (QED) is 0.642. The molecule has 0 atom stereocenters. The summed E-state index contributed by atoms with van der Waals surface area (Å²) in [5.41, 5.74) is 0.638. The third kappa shape index (κ3) is 4.94. The number of rotatable bonds is 6. The minimum absolute atomic E-state index is 0.153. The van der Waals surface area contributed by atoms with E-state index in [4.69, 9.17) is 4.74 Å². The molecule has 0 unspecified atom stereocenters. The fourth-order valence-corrected chi connectivity index (χ4v) is 1.91. The molecule has 130 valence electrons. The van der Waals surface area contributed by atoms with Gasteiger partial charge in [0.05, 0.1) is 5.56 Å². The molecular weight excluding hydrogens is 332 g/mol. The fourth-order valence-electron chi connectivity index (χ4n) is 1.91. The Morgan fingerprint density at radius 1 is 0.960 bits per heavy atom. The number of anilines is 1. The minimum Gasteiger partial charge on any atom is -0.454 e. The maximum atomic E-state index is 13.1. The van der Waals surface area contributed by atoms with E-state index in [-0.39, 0.29) is 17.0 Å². The van der Waals surface area contributed by atoms with Crippen LogP contribution in [0, 0.1) is 11.6 Å². The van der Waals surface area contributed by atoms with Gasteiger partial charge in [0.1, 0.15) is 0 Å². The lowest BCUT2D eigenvalue weighted by Crippen LogP contribution is -2.15. The molecule has 5 nitrogen and oxygen atoms in total. The van der Waals surface area contributed by atoms with Crippen molar-refractivity contribution in [2.45, 2.75) is 13.3 Å². The highest BCUT2D eigenvalue weighted by Crippen LogP contribution is 2.12. The van der Waals surface area contributed by atoms with Crippen LogP contribution in [0.5, 0.6) is 0 Å². The van der Waals surface area contributed by atoms with E-state index in [0.29, 0.717) is 18.2 Å². The number of hydrogen-bond acceptors (Lipinski definition) is 4. The molecule has 0 saturated heterocycles. The van der Waals surface area contributed by atoms with Crippen LogP contribution in [0.2, 0.25) is 0 Å². The first-order valence-corrected chi connectivity index (χ1v) is 7.46. The zero-order valence-corrected chi connectivity index (χ0v) is 13.3. The zero-order chi connectivity index (χ0) is 18.4. The largest absolute Gasteiger partial charge is 0.454 e. The lowest BCUT2D eigenvalue weighted by Gasteiger charge is -2.06. The second-order valence-corrected chi connectivity index (χ2v) is 5.11. The van der Waals surface area contributed by atoms with Crippen LogP contribution >= 0.6 is 0 Å². The van der Waals surface area contributed by atoms with Crippen LogP contribution in [0.15, 0.2) is 42.5 Å². The molecule has 0 radical (unpaired) electrons. The van der Waals surface area contributed by atoms with Crippen LogP contribution in [0.3, 0.4) is 0 Å². The highest BCUT2D eigenvalue weighted by atomic mass is 19.2. The summed E-state index contributed by atoms with van der Waals surface area (Å²) in [6.45, 7) is 1.17. The van der Waals surface area contributed by atoms with Crippen molar-refractivity contribution < 1.29 is 27.9 Å². The number of amides is 1. The number of ketones is 1. The molecule has 2 rings (SSSR count). The summed E-state index contributed by atoms with van der Waals surface area (Å²) in [6, 6.07) is 8.65. The monoisotopic (exact) mass is 347 g/mol. The Morgan fingerprint density at radius 3 is 2.20 bits per heavy atom. The molecule has 1 amide bonds. The molecule has 2 aromatic rings. The summed E-state index contributed by atoms with van der Waals surface area (Å²) >= 11 is 0. The number of nitrogens with one attached hydrogen (secondary N) is 1. The van der Waals surface area contributed by atoms with Gasteiger partial charge in [0.2, 0.25) is 5.91 Å². The van der Waals surface area contributed by atoms with Gasteiger partial charge in [-0.15, -0.1) is 0 Å². The van der Waals surface area contributed by atoms with E-state index in [2.05, 4.69) is 5.32 Å². The van der Waals surface area contributed by atoms with Crippen LogP contribution < -0.4 is 5.32 Å². The molecule has 0 bridgehead atoms. The third-order valence-corrected chi connectivity index (χ3v) is 3.30. The van der Waals surface area contributed by atoms with Crippen molar-refractivity contribution in [2.75, 3.05) is 11.9 Å². The van der Waals surface area contributed by atoms with E-state index in [0.717, 1.165) is 12.1 Å². The Bertz CT molecular complexity index is 803. The van der Waals surface area contributed by atoms with Crippen molar-refractivity contribution in [3.05, 3.63) is 65.2 Å². The summed E-state index contributed by atoms with van der Waals surface area (Å²) in [4.78, 5) is 35.0. The average molecular weight is 347 g/mol. The van der Waals surface area contributed by atoms with Gasteiger partial charge < -0.3 is 10.1 Å². The van der Waals surface area contributed by atoms with Crippen molar-refractivity contribution >= 4 is 23.3 Å². The van der Waals surface area contributed by atoms with E-state index >= 15 is 0 Å². The number of Topliss-reactive ketones (excluding diaryl/α,β-unsaturated/α-hetero) is 1. The smallest absolute Gasteiger partial charge is 0.338 e. The number of esters is 1. The molecule has 2 aromatic carbocycles. The molecule has 25 heavy (non-hydrogen) atoms. The summed E-state index contributed by atoms with van der Waals surface area (Å²) in [7, 11) is 0. The van der Waals surface area contributed by atoms with Crippen LogP contribution in [0.4, 0.5) is 14.5 Å². The van der Waals surface area contributed by atoms with Gasteiger partial charge in [-0.1, -0.05) is 6.92 Å². The summed E-state index contributed by atoms with van der Waals surface area (Å²) in [5.74, 6) is -3.81. The number of carbonyl (C=O) groups is 3. The first-order valence-electron chi connectivity index (χ1n) is 7.46. The van der Waals surface area contributed by atoms with Gasteiger partial charge in [0, 0.05) is 17.7 Å². The fraction of sp³-hybridized carbons (Fsp3) is 0.167. The standard InChI is InChI=1S/C18H15F2NO4/c1-2-17(23)21-13-6-3-11(4-7-13)16(22)10-25-18(24)12-5-8-14(19)15(20)9-12/h3-9H,2,10H2,1H3,(H,21,23). The second kappa shape index (κ2) is 8.14. The molecule has 0 spiro atoms. The molecule has 1 N–H and O–H groups in total. The number of carbonyl (C=O) groups excluding carboxylic acids is 3. The van der Waals surface area contributed by atoms with Crippen LogP contribution in [-0.4, -0.2) is 24.3 Å². The molecule has 0 saturated carbocycles. The van der Waals surface area contributed by atoms with E-state index in [9.17, 15) is 23.2 Å². The van der Waals surface area contributed by atoms with Crippen LogP contribution in [-0.2, 0) is 9.53 Å². The zero-order valence-electron chi connectivity index (χ0n) is 13.3. The Labute approximate surface area is 142 Å². The summed E-state index contributed by atoms with van der Waals surface area (Å²) in [5, 5.41) is 2.64. The van der Waals surface area contributed by atoms with Crippen molar-refractivity contribution in [3.8, 4) is 0 Å². The lowest BCUT2D eigenvalue weighted by molar-refractivity contribution is -0.115. The topological polar surface area (TPSA) is 72.5 Å². The van der Waals surface area contributed by atoms with Gasteiger partial charge >= 0.3 is 5.97 Å². The van der Waals surface area contributed by atoms with E-state index < -0.39 is 30.0 Å². The van der Waals surface area contributed by atoms with Crippen molar-refractivity contribution in [1.29, 1.82) is 0 Å². The highest BCUT2D eigenvalue weighted by Gasteiger charge is 2.14. The molecule has 0 heterocycles. The van der Waals surface area contributed by atoms with Crippen LogP contribution in [0.1, 0.15) is 34.1 Å². The normalized spacial score (nSPS) is 10.2. The van der Waals surface area contributed by atoms with E-state index in [1.165, 1.54) is 12.1 Å². The molecule has 0 aliphatic carbocycles.